The Morgan fingerprint density at radius 3 is 2.19 bits per heavy atom. The molecule has 1 aromatic rings. The number of benzene rings is 1. The molecule has 2 heteroatoms. The molecule has 0 spiro atoms. The smallest absolute Gasteiger partial charge is 0.119 e. The number of hydrogen-bond acceptors (Lipinski definition) is 2. The molecule has 1 aliphatic rings. The molecule has 0 aliphatic heterocycles. The van der Waals surface area contributed by atoms with Crippen molar-refractivity contribution in [1.82, 2.24) is 0 Å². The molecule has 1 aromatic carbocycles. The van der Waals surface area contributed by atoms with Crippen LogP contribution in [-0.2, 0) is 5.60 Å². The van der Waals surface area contributed by atoms with Crippen LogP contribution >= 0.6 is 0 Å². The quantitative estimate of drug-likeness (QED) is 0.854. The van der Waals surface area contributed by atoms with Gasteiger partial charge in [-0.25, -0.2) is 0 Å². The van der Waals surface area contributed by atoms with Crippen LogP contribution in [0.4, 0.5) is 0 Å². The Kier molecular flexibility index (Phi) is 4.98. The van der Waals surface area contributed by atoms with E-state index >= 15 is 0 Å². The minimum atomic E-state index is -0.648. The van der Waals surface area contributed by atoms with Crippen molar-refractivity contribution in [3.8, 4) is 5.75 Å². The maximum absolute atomic E-state index is 11.0. The molecule has 0 radical (unpaired) electrons. The Morgan fingerprint density at radius 2 is 1.71 bits per heavy atom. The van der Waals surface area contributed by atoms with Crippen LogP contribution < -0.4 is 4.74 Å². The lowest BCUT2D eigenvalue weighted by Crippen LogP contribution is -2.35. The van der Waals surface area contributed by atoms with Crippen molar-refractivity contribution in [2.75, 3.05) is 6.61 Å². The molecule has 118 valence electrons. The minimum absolute atomic E-state index is 0.346. The molecule has 0 heterocycles. The fourth-order valence-corrected chi connectivity index (χ4v) is 3.33. The normalized spacial score (nSPS) is 26.6. The van der Waals surface area contributed by atoms with Gasteiger partial charge in [0, 0.05) is 0 Å². The molecular weight excluding hydrogens is 260 g/mol. The largest absolute Gasteiger partial charge is 0.494 e. The number of aliphatic hydroxyl groups is 1. The van der Waals surface area contributed by atoms with Crippen LogP contribution in [0.15, 0.2) is 24.3 Å². The van der Waals surface area contributed by atoms with Gasteiger partial charge in [-0.05, 0) is 61.1 Å². The first-order valence-electron chi connectivity index (χ1n) is 8.31. The molecule has 0 amide bonds. The lowest BCUT2D eigenvalue weighted by atomic mass is 9.67. The molecule has 21 heavy (non-hydrogen) atoms. The van der Waals surface area contributed by atoms with E-state index in [0.717, 1.165) is 50.0 Å². The van der Waals surface area contributed by atoms with E-state index in [0.29, 0.717) is 11.3 Å². The van der Waals surface area contributed by atoms with Gasteiger partial charge >= 0.3 is 0 Å². The maximum atomic E-state index is 11.0. The van der Waals surface area contributed by atoms with E-state index in [2.05, 4.69) is 27.7 Å². The van der Waals surface area contributed by atoms with E-state index in [-0.39, 0.29) is 0 Å². The predicted molar refractivity (Wildman–Crippen MR) is 87.5 cm³/mol. The van der Waals surface area contributed by atoms with Crippen molar-refractivity contribution >= 4 is 0 Å². The molecule has 1 aliphatic carbocycles. The lowest BCUT2D eigenvalue weighted by molar-refractivity contribution is -0.0298. The third-order valence-electron chi connectivity index (χ3n) is 4.90. The molecular formula is C19H30O2. The number of ether oxygens (including phenoxy) is 1. The number of rotatable bonds is 4. The van der Waals surface area contributed by atoms with Crippen molar-refractivity contribution in [1.29, 1.82) is 0 Å². The average Bonchev–Trinajstić information content (AvgIpc) is 2.45. The highest BCUT2D eigenvalue weighted by molar-refractivity contribution is 5.31. The molecule has 0 bridgehead atoms. The van der Waals surface area contributed by atoms with E-state index in [4.69, 9.17) is 4.74 Å². The standard InChI is InChI=1S/C19H30O2/c1-5-14-21-17-8-6-16(7-9-17)19(20)12-10-15(11-13-19)18(2,3)4/h6-9,15,20H,5,10-14H2,1-4H3. The highest BCUT2D eigenvalue weighted by Gasteiger charge is 2.38. The van der Waals surface area contributed by atoms with Gasteiger partial charge in [0.2, 0.25) is 0 Å². The third-order valence-corrected chi connectivity index (χ3v) is 4.90. The Labute approximate surface area is 129 Å². The van der Waals surface area contributed by atoms with Gasteiger partial charge in [0.1, 0.15) is 5.75 Å². The molecule has 1 N–H and O–H groups in total. The second-order valence-corrected chi connectivity index (χ2v) is 7.54. The first kappa shape index (κ1) is 16.4. The molecule has 2 nitrogen and oxygen atoms in total. The summed E-state index contributed by atoms with van der Waals surface area (Å²) >= 11 is 0. The van der Waals surface area contributed by atoms with Gasteiger partial charge in [-0.1, -0.05) is 39.8 Å². The Balaban J connectivity index is 2.01. The molecule has 1 fully saturated rings. The second kappa shape index (κ2) is 6.39. The van der Waals surface area contributed by atoms with Gasteiger partial charge in [0.15, 0.2) is 0 Å². The van der Waals surface area contributed by atoms with Crippen molar-refractivity contribution in [3.05, 3.63) is 29.8 Å². The summed E-state index contributed by atoms with van der Waals surface area (Å²) in [5.74, 6) is 1.61. The van der Waals surface area contributed by atoms with Crippen LogP contribution in [0.25, 0.3) is 0 Å². The van der Waals surface area contributed by atoms with Gasteiger partial charge in [-0.15, -0.1) is 0 Å². The van der Waals surface area contributed by atoms with Crippen LogP contribution in [0.1, 0.15) is 65.4 Å². The first-order chi connectivity index (χ1) is 9.85. The van der Waals surface area contributed by atoms with Gasteiger partial charge in [-0.2, -0.15) is 0 Å². The second-order valence-electron chi connectivity index (χ2n) is 7.54. The Hall–Kier alpha value is -1.02. The zero-order valence-electron chi connectivity index (χ0n) is 14.0. The van der Waals surface area contributed by atoms with Crippen LogP contribution in [0.5, 0.6) is 5.75 Å². The topological polar surface area (TPSA) is 29.5 Å². The first-order valence-corrected chi connectivity index (χ1v) is 8.31. The maximum Gasteiger partial charge on any atom is 0.119 e. The van der Waals surface area contributed by atoms with Gasteiger partial charge < -0.3 is 9.84 Å². The lowest BCUT2D eigenvalue weighted by Gasteiger charge is -2.41. The van der Waals surface area contributed by atoms with E-state index in [9.17, 15) is 5.11 Å². The van der Waals surface area contributed by atoms with Crippen molar-refractivity contribution in [3.63, 3.8) is 0 Å². The molecule has 0 atom stereocenters. The average molecular weight is 290 g/mol. The van der Waals surface area contributed by atoms with Crippen LogP contribution in [0.2, 0.25) is 0 Å². The molecule has 0 aromatic heterocycles. The zero-order chi connectivity index (χ0) is 15.5. The van der Waals surface area contributed by atoms with E-state index < -0.39 is 5.60 Å². The van der Waals surface area contributed by atoms with E-state index in [1.54, 1.807) is 0 Å². The van der Waals surface area contributed by atoms with Crippen molar-refractivity contribution in [2.24, 2.45) is 11.3 Å². The third kappa shape index (κ3) is 4.00. The number of hydrogen-bond donors (Lipinski definition) is 1. The fourth-order valence-electron chi connectivity index (χ4n) is 3.33. The van der Waals surface area contributed by atoms with Gasteiger partial charge in [0.05, 0.1) is 12.2 Å². The fraction of sp³-hybridized carbons (Fsp3) is 0.684. The highest BCUT2D eigenvalue weighted by atomic mass is 16.5. The highest BCUT2D eigenvalue weighted by Crippen LogP contribution is 2.45. The van der Waals surface area contributed by atoms with Gasteiger partial charge in [-0.3, -0.25) is 0 Å². The van der Waals surface area contributed by atoms with Crippen LogP contribution in [0.3, 0.4) is 0 Å². The van der Waals surface area contributed by atoms with Crippen LogP contribution in [-0.4, -0.2) is 11.7 Å². The monoisotopic (exact) mass is 290 g/mol. The zero-order valence-corrected chi connectivity index (χ0v) is 14.0. The summed E-state index contributed by atoms with van der Waals surface area (Å²) in [6, 6.07) is 8.03. The molecule has 0 saturated heterocycles. The van der Waals surface area contributed by atoms with E-state index in [1.807, 2.05) is 24.3 Å². The SMILES string of the molecule is CCCOc1ccc(C2(O)CCC(C(C)(C)C)CC2)cc1. The van der Waals surface area contributed by atoms with Crippen molar-refractivity contribution < 1.29 is 9.84 Å². The summed E-state index contributed by atoms with van der Waals surface area (Å²) < 4.78 is 5.61. The predicted octanol–water partition coefficient (Wildman–Crippen LogP) is 4.90. The summed E-state index contributed by atoms with van der Waals surface area (Å²) in [6.45, 7) is 9.77. The van der Waals surface area contributed by atoms with Gasteiger partial charge in [0.25, 0.3) is 0 Å². The minimum Gasteiger partial charge on any atom is -0.494 e. The summed E-state index contributed by atoms with van der Waals surface area (Å²) in [6.07, 6.45) is 4.95. The molecule has 2 rings (SSSR count). The summed E-state index contributed by atoms with van der Waals surface area (Å²) in [5.41, 5.74) is 0.739. The van der Waals surface area contributed by atoms with Crippen LogP contribution in [0, 0.1) is 11.3 Å². The molecule has 1 saturated carbocycles. The Morgan fingerprint density at radius 1 is 1.14 bits per heavy atom. The summed E-state index contributed by atoms with van der Waals surface area (Å²) in [7, 11) is 0. The molecule has 0 unspecified atom stereocenters. The Bertz CT molecular complexity index is 434. The summed E-state index contributed by atoms with van der Waals surface area (Å²) in [5, 5.41) is 11.0. The van der Waals surface area contributed by atoms with E-state index in [1.165, 1.54) is 0 Å². The van der Waals surface area contributed by atoms with Crippen molar-refractivity contribution in [2.45, 2.75) is 65.4 Å². The summed E-state index contributed by atoms with van der Waals surface area (Å²) in [4.78, 5) is 0.